The van der Waals surface area contributed by atoms with Crippen molar-refractivity contribution in [1.82, 2.24) is 4.90 Å². The molecular weight excluding hydrogens is 193 g/mol. The van der Waals surface area contributed by atoms with Crippen LogP contribution in [0.5, 0.6) is 0 Å². The third-order valence-corrected chi connectivity index (χ3v) is 2.20. The quantitative estimate of drug-likeness (QED) is 0.644. The van der Waals surface area contributed by atoms with Crippen molar-refractivity contribution in [2.75, 3.05) is 19.6 Å². The van der Waals surface area contributed by atoms with Crippen LogP contribution in [0.1, 0.15) is 12.8 Å². The molecule has 1 aliphatic rings. The zero-order chi connectivity index (χ0) is 10.6. The van der Waals surface area contributed by atoms with Gasteiger partial charge in [0.05, 0.1) is 6.07 Å². The molecule has 1 aliphatic heterocycles. The largest absolute Gasteiger partial charge is 0.412 e. The van der Waals surface area contributed by atoms with E-state index in [1.807, 2.05) is 11.0 Å². The van der Waals surface area contributed by atoms with E-state index < -0.39 is 11.7 Å². The first-order valence-electron chi connectivity index (χ1n) is 4.39. The van der Waals surface area contributed by atoms with Crippen LogP contribution in [0, 0.1) is 11.3 Å². The average Bonchev–Trinajstić information content (AvgIpc) is 2.14. The van der Waals surface area contributed by atoms with Crippen molar-refractivity contribution in [3.8, 4) is 6.07 Å². The predicted molar refractivity (Wildman–Crippen MR) is 45.4 cm³/mol. The Kier molecular flexibility index (Phi) is 3.53. The van der Waals surface area contributed by atoms with Gasteiger partial charge in [-0.25, -0.2) is 0 Å². The van der Waals surface area contributed by atoms with Crippen molar-refractivity contribution in [3.63, 3.8) is 0 Å². The van der Waals surface area contributed by atoms with E-state index in [1.165, 1.54) is 6.08 Å². The molecule has 0 spiro atoms. The van der Waals surface area contributed by atoms with Gasteiger partial charge in [0.25, 0.3) is 0 Å². The molecule has 0 aromatic rings. The maximum Gasteiger partial charge on any atom is 0.412 e. The van der Waals surface area contributed by atoms with Crippen LogP contribution >= 0.6 is 0 Å². The molecule has 0 amide bonds. The van der Waals surface area contributed by atoms with Gasteiger partial charge >= 0.3 is 6.18 Å². The Bertz CT molecular complexity index is 262. The lowest BCUT2D eigenvalue weighted by Gasteiger charge is -2.26. The fraction of sp³-hybridized carbons (Fsp3) is 0.667. The van der Waals surface area contributed by atoms with E-state index in [-0.39, 0.29) is 6.42 Å². The number of nitriles is 1. The Balaban J connectivity index is 2.44. The molecule has 1 rings (SSSR count). The molecule has 0 bridgehead atoms. The Morgan fingerprint density at radius 3 is 2.64 bits per heavy atom. The van der Waals surface area contributed by atoms with Gasteiger partial charge in [0.1, 0.15) is 0 Å². The third kappa shape index (κ3) is 3.04. The Labute approximate surface area is 80.6 Å². The summed E-state index contributed by atoms with van der Waals surface area (Å²) in [5, 5.41) is 8.31. The van der Waals surface area contributed by atoms with Crippen LogP contribution in [0.3, 0.4) is 0 Å². The van der Waals surface area contributed by atoms with Gasteiger partial charge in [-0.1, -0.05) is 6.08 Å². The normalized spacial score (nSPS) is 18.9. The second-order valence-electron chi connectivity index (χ2n) is 3.19. The van der Waals surface area contributed by atoms with E-state index in [0.717, 1.165) is 0 Å². The predicted octanol–water partition coefficient (Wildman–Crippen LogP) is 2.09. The molecule has 1 heterocycles. The first kappa shape index (κ1) is 11.1. The van der Waals surface area contributed by atoms with Crippen molar-refractivity contribution >= 4 is 0 Å². The molecule has 0 atom stereocenters. The summed E-state index contributed by atoms with van der Waals surface area (Å²) in [6.07, 6.45) is -2.56. The van der Waals surface area contributed by atoms with Crippen LogP contribution in [0.2, 0.25) is 0 Å². The number of hydrogen-bond donors (Lipinski definition) is 0. The minimum absolute atomic E-state index is 0.0366. The van der Waals surface area contributed by atoms with E-state index in [1.54, 1.807) is 0 Å². The highest BCUT2D eigenvalue weighted by Gasteiger charge is 2.34. The topological polar surface area (TPSA) is 27.0 Å². The van der Waals surface area contributed by atoms with E-state index in [0.29, 0.717) is 26.1 Å². The maximum atomic E-state index is 12.2. The summed E-state index contributed by atoms with van der Waals surface area (Å²) < 4.78 is 36.5. The van der Waals surface area contributed by atoms with Gasteiger partial charge in [-0.3, -0.25) is 4.90 Å². The molecule has 5 heteroatoms. The van der Waals surface area contributed by atoms with Crippen molar-refractivity contribution in [2.24, 2.45) is 0 Å². The van der Waals surface area contributed by atoms with E-state index in [4.69, 9.17) is 5.26 Å². The zero-order valence-corrected chi connectivity index (χ0v) is 7.64. The first-order chi connectivity index (χ1) is 6.54. The molecule has 0 N–H and O–H groups in total. The summed E-state index contributed by atoms with van der Waals surface area (Å²) in [4.78, 5) is 1.85. The van der Waals surface area contributed by atoms with Crippen LogP contribution in [0.25, 0.3) is 0 Å². The summed E-state index contributed by atoms with van der Waals surface area (Å²) in [5.41, 5.74) is -0.439. The van der Waals surface area contributed by atoms with Crippen molar-refractivity contribution in [2.45, 2.75) is 19.0 Å². The monoisotopic (exact) mass is 204 g/mol. The molecule has 2 nitrogen and oxygen atoms in total. The molecule has 0 saturated heterocycles. The van der Waals surface area contributed by atoms with Crippen molar-refractivity contribution in [1.29, 1.82) is 5.26 Å². The molecule has 0 unspecified atom stereocenters. The second-order valence-corrected chi connectivity index (χ2v) is 3.19. The van der Waals surface area contributed by atoms with Crippen LogP contribution in [0.15, 0.2) is 11.6 Å². The molecule has 0 saturated carbocycles. The highest BCUT2D eigenvalue weighted by Crippen LogP contribution is 2.29. The number of hydrogen-bond acceptors (Lipinski definition) is 2. The van der Waals surface area contributed by atoms with Gasteiger partial charge in [0.2, 0.25) is 0 Å². The standard InChI is InChI=1S/C9H11F3N2/c10-9(11,12)8-2-6-14(7-3-8)5-1-4-13/h2H,1,3,5-7H2. The first-order valence-corrected chi connectivity index (χ1v) is 4.39. The summed E-state index contributed by atoms with van der Waals surface area (Å²) in [6, 6.07) is 1.97. The SMILES string of the molecule is N#CCCN1CC=C(C(F)(F)F)CC1. The number of rotatable bonds is 2. The highest BCUT2D eigenvalue weighted by atomic mass is 19.4. The second kappa shape index (κ2) is 4.47. The molecule has 0 aromatic heterocycles. The molecule has 0 aliphatic carbocycles. The third-order valence-electron chi connectivity index (χ3n) is 2.20. The van der Waals surface area contributed by atoms with Crippen molar-refractivity contribution in [3.05, 3.63) is 11.6 Å². The minimum atomic E-state index is -4.18. The summed E-state index contributed by atoms with van der Waals surface area (Å²) in [6.45, 7) is 1.25. The van der Waals surface area contributed by atoms with Gasteiger partial charge in [0, 0.05) is 31.6 Å². The fourth-order valence-corrected chi connectivity index (χ4v) is 1.38. The summed E-state index contributed by atoms with van der Waals surface area (Å²) in [5.74, 6) is 0. The Morgan fingerprint density at radius 2 is 2.21 bits per heavy atom. The molecular formula is C9H11F3N2. The van der Waals surface area contributed by atoms with E-state index in [9.17, 15) is 13.2 Å². The Hall–Kier alpha value is -1.02. The van der Waals surface area contributed by atoms with Gasteiger partial charge in [0.15, 0.2) is 0 Å². The molecule has 0 fully saturated rings. The molecule has 14 heavy (non-hydrogen) atoms. The highest BCUT2D eigenvalue weighted by molar-refractivity contribution is 5.13. The minimum Gasteiger partial charge on any atom is -0.298 e. The number of alkyl halides is 3. The van der Waals surface area contributed by atoms with Gasteiger partial charge in [-0.2, -0.15) is 18.4 Å². The van der Waals surface area contributed by atoms with Crippen LogP contribution in [-0.4, -0.2) is 30.7 Å². The van der Waals surface area contributed by atoms with Crippen LogP contribution in [0.4, 0.5) is 13.2 Å². The lowest BCUT2D eigenvalue weighted by Crippen LogP contribution is -2.32. The fourth-order valence-electron chi connectivity index (χ4n) is 1.38. The van der Waals surface area contributed by atoms with Gasteiger partial charge in [-0.15, -0.1) is 0 Å². The smallest absolute Gasteiger partial charge is 0.298 e. The van der Waals surface area contributed by atoms with Crippen LogP contribution in [-0.2, 0) is 0 Å². The lowest BCUT2D eigenvalue weighted by atomic mass is 10.1. The van der Waals surface area contributed by atoms with Crippen molar-refractivity contribution < 1.29 is 13.2 Å². The van der Waals surface area contributed by atoms with Gasteiger partial charge in [-0.05, 0) is 6.42 Å². The zero-order valence-electron chi connectivity index (χ0n) is 7.64. The number of halogens is 3. The van der Waals surface area contributed by atoms with E-state index in [2.05, 4.69) is 0 Å². The lowest BCUT2D eigenvalue weighted by molar-refractivity contribution is -0.0959. The summed E-state index contributed by atoms with van der Waals surface area (Å²) in [7, 11) is 0. The van der Waals surface area contributed by atoms with E-state index >= 15 is 0 Å². The Morgan fingerprint density at radius 1 is 1.50 bits per heavy atom. The summed E-state index contributed by atoms with van der Waals surface area (Å²) >= 11 is 0. The number of nitrogens with zero attached hydrogens (tertiary/aromatic N) is 2. The molecule has 78 valence electrons. The maximum absolute atomic E-state index is 12.2. The van der Waals surface area contributed by atoms with Gasteiger partial charge < -0.3 is 0 Å². The molecule has 0 radical (unpaired) electrons. The molecule has 0 aromatic carbocycles. The van der Waals surface area contributed by atoms with Crippen LogP contribution < -0.4 is 0 Å². The average molecular weight is 204 g/mol.